The van der Waals surface area contributed by atoms with E-state index < -0.39 is 0 Å². The molecule has 0 saturated heterocycles. The first-order chi connectivity index (χ1) is 11.1. The maximum Gasteiger partial charge on any atom is 0.261 e. The molecule has 0 radical (unpaired) electrons. The van der Waals surface area contributed by atoms with Gasteiger partial charge in [-0.15, -0.1) is 0 Å². The quantitative estimate of drug-likeness (QED) is 0.812. The van der Waals surface area contributed by atoms with Crippen LogP contribution >= 0.6 is 15.9 Å². The van der Waals surface area contributed by atoms with Crippen molar-refractivity contribution in [1.29, 1.82) is 0 Å². The van der Waals surface area contributed by atoms with Crippen LogP contribution in [-0.2, 0) is 0 Å². The zero-order valence-corrected chi connectivity index (χ0v) is 14.5. The van der Waals surface area contributed by atoms with E-state index in [1.807, 2.05) is 0 Å². The van der Waals surface area contributed by atoms with Crippen LogP contribution in [0, 0.1) is 0 Å². The van der Waals surface area contributed by atoms with E-state index in [-0.39, 0.29) is 5.91 Å². The van der Waals surface area contributed by atoms with Crippen LogP contribution in [0.5, 0.6) is 5.88 Å². The van der Waals surface area contributed by atoms with E-state index in [0.717, 1.165) is 12.8 Å². The number of nitrogens with one attached hydrogen (secondary N) is 1. The van der Waals surface area contributed by atoms with Gasteiger partial charge in [0, 0.05) is 25.4 Å². The molecule has 3 rings (SSSR count). The van der Waals surface area contributed by atoms with Crippen molar-refractivity contribution in [3.63, 3.8) is 0 Å². The fourth-order valence-corrected chi connectivity index (χ4v) is 2.75. The molecule has 1 aliphatic rings. The van der Waals surface area contributed by atoms with E-state index in [1.165, 1.54) is 0 Å². The maximum absolute atomic E-state index is 12.8. The highest BCUT2D eigenvalue weighted by Gasteiger charge is 2.25. The second-order valence-electron chi connectivity index (χ2n) is 5.35. The van der Waals surface area contributed by atoms with E-state index >= 15 is 0 Å². The van der Waals surface area contributed by atoms with Crippen LogP contribution in [0.4, 0.5) is 11.5 Å². The molecule has 6 nitrogen and oxygen atoms in total. The topological polar surface area (TPSA) is 67.3 Å². The molecule has 1 saturated carbocycles. The third-order valence-electron chi connectivity index (χ3n) is 3.63. The number of halogens is 1. The monoisotopic (exact) mass is 376 g/mol. The molecule has 0 atom stereocenters. The minimum atomic E-state index is -0.145. The van der Waals surface area contributed by atoms with Crippen LogP contribution in [0.25, 0.3) is 0 Å². The Balaban J connectivity index is 1.87. The fourth-order valence-electron chi connectivity index (χ4n) is 2.18. The second-order valence-corrected chi connectivity index (χ2v) is 6.10. The lowest BCUT2D eigenvalue weighted by molar-refractivity contribution is 0.0993. The van der Waals surface area contributed by atoms with Crippen molar-refractivity contribution in [3.05, 3.63) is 40.6 Å². The molecule has 0 bridgehead atoms. The minimum Gasteiger partial charge on any atom is -0.481 e. The zero-order chi connectivity index (χ0) is 16.4. The minimum absolute atomic E-state index is 0.145. The van der Waals surface area contributed by atoms with Gasteiger partial charge in [-0.1, -0.05) is 0 Å². The number of nitrogens with zero attached hydrogens (tertiary/aromatic N) is 3. The van der Waals surface area contributed by atoms with Gasteiger partial charge < -0.3 is 15.0 Å². The Labute approximate surface area is 143 Å². The number of hydrogen-bond acceptors (Lipinski definition) is 5. The van der Waals surface area contributed by atoms with Crippen LogP contribution < -0.4 is 15.0 Å². The number of anilines is 2. The zero-order valence-electron chi connectivity index (χ0n) is 12.9. The Morgan fingerprint density at radius 2 is 2.17 bits per heavy atom. The van der Waals surface area contributed by atoms with E-state index in [0.29, 0.717) is 33.6 Å². The van der Waals surface area contributed by atoms with Crippen LogP contribution in [0.1, 0.15) is 23.2 Å². The lowest BCUT2D eigenvalue weighted by Gasteiger charge is -2.20. The van der Waals surface area contributed by atoms with Gasteiger partial charge in [0.2, 0.25) is 5.88 Å². The van der Waals surface area contributed by atoms with Gasteiger partial charge in [-0.25, -0.2) is 9.97 Å². The highest BCUT2D eigenvalue weighted by atomic mass is 79.9. The summed E-state index contributed by atoms with van der Waals surface area (Å²) in [6.07, 6.45) is 3.92. The first-order valence-electron chi connectivity index (χ1n) is 7.30. The molecule has 1 amide bonds. The molecular formula is C16H17BrN4O2. The van der Waals surface area contributed by atoms with E-state index in [9.17, 15) is 4.79 Å². The molecule has 1 aliphatic carbocycles. The lowest BCUT2D eigenvalue weighted by atomic mass is 10.2. The Morgan fingerprint density at radius 3 is 2.83 bits per heavy atom. The third-order valence-corrected chi connectivity index (χ3v) is 4.22. The molecule has 1 N–H and O–H groups in total. The molecule has 23 heavy (non-hydrogen) atoms. The predicted molar refractivity (Wildman–Crippen MR) is 92.1 cm³/mol. The molecule has 1 fully saturated rings. The summed E-state index contributed by atoms with van der Waals surface area (Å²) in [6.45, 7) is 0. The van der Waals surface area contributed by atoms with Gasteiger partial charge in [-0.3, -0.25) is 4.79 Å². The first-order valence-corrected chi connectivity index (χ1v) is 8.09. The summed E-state index contributed by atoms with van der Waals surface area (Å²) in [6, 6.07) is 7.48. The van der Waals surface area contributed by atoms with Gasteiger partial charge in [0.05, 0.1) is 18.4 Å². The van der Waals surface area contributed by atoms with Crippen molar-refractivity contribution in [1.82, 2.24) is 9.97 Å². The predicted octanol–water partition coefficient (Wildman–Crippen LogP) is 3.10. The highest BCUT2D eigenvalue weighted by molar-refractivity contribution is 9.10. The maximum atomic E-state index is 12.8. The van der Waals surface area contributed by atoms with E-state index in [4.69, 9.17) is 4.74 Å². The van der Waals surface area contributed by atoms with Gasteiger partial charge in [0.25, 0.3) is 5.91 Å². The molecule has 0 aromatic carbocycles. The molecular weight excluding hydrogens is 360 g/mol. The molecule has 2 aromatic rings. The van der Waals surface area contributed by atoms with Crippen molar-refractivity contribution in [2.45, 2.75) is 18.9 Å². The van der Waals surface area contributed by atoms with Gasteiger partial charge in [-0.2, -0.15) is 0 Å². The van der Waals surface area contributed by atoms with Crippen LogP contribution in [0.2, 0.25) is 0 Å². The number of amides is 1. The number of ether oxygens (including phenoxy) is 1. The second kappa shape index (κ2) is 6.54. The Bertz CT molecular complexity index is 734. The Morgan fingerprint density at radius 1 is 1.39 bits per heavy atom. The molecule has 7 heteroatoms. The molecule has 0 aliphatic heterocycles. The lowest BCUT2D eigenvalue weighted by Crippen LogP contribution is -2.28. The average Bonchev–Trinajstić information content (AvgIpc) is 3.38. The molecule has 2 heterocycles. The van der Waals surface area contributed by atoms with Gasteiger partial charge in [0.15, 0.2) is 0 Å². The van der Waals surface area contributed by atoms with Crippen molar-refractivity contribution < 1.29 is 9.53 Å². The summed E-state index contributed by atoms with van der Waals surface area (Å²) < 4.78 is 5.63. The fraction of sp³-hybridized carbons (Fsp3) is 0.312. The number of methoxy groups -OCH3 is 1. The van der Waals surface area contributed by atoms with Crippen molar-refractivity contribution in [3.8, 4) is 5.88 Å². The summed E-state index contributed by atoms with van der Waals surface area (Å²) in [4.78, 5) is 22.9. The van der Waals surface area contributed by atoms with E-state index in [1.54, 1.807) is 49.5 Å². The van der Waals surface area contributed by atoms with Crippen molar-refractivity contribution >= 4 is 33.3 Å². The number of carbonyl (C=O) groups is 1. The summed E-state index contributed by atoms with van der Waals surface area (Å²) in [7, 11) is 3.26. The number of carbonyl (C=O) groups excluding carboxylic acids is 1. The molecule has 2 aromatic heterocycles. The normalized spacial score (nSPS) is 13.5. The standard InChI is InChI=1S/C16H17BrN4O2/c1-21(12-7-8-13(23-2)20-14(12)17)16(22)11-4-3-9-18-15(11)19-10-5-6-10/h3-4,7-10H,5-6H2,1-2H3,(H,18,19). The molecule has 120 valence electrons. The largest absolute Gasteiger partial charge is 0.481 e. The van der Waals surface area contributed by atoms with Crippen LogP contribution in [0.3, 0.4) is 0 Å². The van der Waals surface area contributed by atoms with Crippen molar-refractivity contribution in [2.75, 3.05) is 24.4 Å². The Hall–Kier alpha value is -2.15. The average molecular weight is 377 g/mol. The van der Waals surface area contributed by atoms with Gasteiger partial charge >= 0.3 is 0 Å². The summed E-state index contributed by atoms with van der Waals surface area (Å²) in [5, 5.41) is 3.30. The molecule has 0 spiro atoms. The SMILES string of the molecule is COc1ccc(N(C)C(=O)c2cccnc2NC2CC2)c(Br)n1. The van der Waals surface area contributed by atoms with Gasteiger partial charge in [0.1, 0.15) is 10.4 Å². The van der Waals surface area contributed by atoms with E-state index in [2.05, 4.69) is 31.2 Å². The summed E-state index contributed by atoms with van der Waals surface area (Å²) in [5.74, 6) is 0.970. The summed E-state index contributed by atoms with van der Waals surface area (Å²) in [5.41, 5.74) is 1.21. The van der Waals surface area contributed by atoms with Crippen molar-refractivity contribution in [2.24, 2.45) is 0 Å². The summed E-state index contributed by atoms with van der Waals surface area (Å²) >= 11 is 3.38. The molecule has 0 unspecified atom stereocenters. The number of rotatable bonds is 5. The third kappa shape index (κ3) is 3.44. The van der Waals surface area contributed by atoms with Gasteiger partial charge in [-0.05, 0) is 47.0 Å². The first kappa shape index (κ1) is 15.7. The smallest absolute Gasteiger partial charge is 0.261 e. The van der Waals surface area contributed by atoms with Crippen LogP contribution in [0.15, 0.2) is 35.1 Å². The highest BCUT2D eigenvalue weighted by Crippen LogP contribution is 2.29. The number of hydrogen-bond donors (Lipinski definition) is 1. The number of aromatic nitrogens is 2. The van der Waals surface area contributed by atoms with Crippen LogP contribution in [-0.4, -0.2) is 36.1 Å². The number of pyridine rings is 2. The Kier molecular flexibility index (Phi) is 4.47.